The Hall–Kier alpha value is -1.55. The Bertz CT molecular complexity index is 348. The number of nitrogens with one attached hydrogen (secondary N) is 1. The van der Waals surface area contributed by atoms with Gasteiger partial charge >= 0.3 is 0 Å². The molecule has 1 amide bonds. The van der Waals surface area contributed by atoms with E-state index in [0.29, 0.717) is 5.56 Å². The topological polar surface area (TPSA) is 52.6 Å². The second kappa shape index (κ2) is 4.11. The van der Waals surface area contributed by atoms with E-state index >= 15 is 0 Å². The summed E-state index contributed by atoms with van der Waals surface area (Å²) in [6, 6.07) is 4.91. The van der Waals surface area contributed by atoms with Gasteiger partial charge in [-0.3, -0.25) is 10.2 Å². The molecule has 2 N–H and O–H groups in total. The van der Waals surface area contributed by atoms with Gasteiger partial charge in [0, 0.05) is 14.1 Å². The number of carbonyl (C=O) groups is 1. The van der Waals surface area contributed by atoms with Crippen LogP contribution in [-0.4, -0.2) is 30.1 Å². The Labute approximate surface area is 83.1 Å². The van der Waals surface area contributed by atoms with Crippen LogP contribution in [0.4, 0.5) is 0 Å². The lowest BCUT2D eigenvalue weighted by atomic mass is 10.1. The highest BCUT2D eigenvalue weighted by atomic mass is 16.3. The van der Waals surface area contributed by atoms with Gasteiger partial charge in [-0.1, -0.05) is 11.6 Å². The van der Waals surface area contributed by atoms with Gasteiger partial charge in [-0.2, -0.15) is 0 Å². The Morgan fingerprint density at radius 2 is 2.07 bits per heavy atom. The number of phenols is 1. The molecule has 0 saturated heterocycles. The third-order valence-corrected chi connectivity index (χ3v) is 1.72. The van der Waals surface area contributed by atoms with Crippen LogP contribution < -0.4 is 5.43 Å². The predicted octanol–water partition coefficient (Wildman–Crippen LogP) is 0.907. The first-order valence-electron chi connectivity index (χ1n) is 4.28. The average molecular weight is 194 g/mol. The lowest BCUT2D eigenvalue weighted by Gasteiger charge is -2.12. The highest BCUT2D eigenvalue weighted by Gasteiger charge is 2.10. The summed E-state index contributed by atoms with van der Waals surface area (Å²) < 4.78 is 0. The van der Waals surface area contributed by atoms with Crippen LogP contribution in [0.1, 0.15) is 15.9 Å². The SMILES string of the molecule is Cc1ccc(O)c(C(=O)NN(C)C)c1. The number of carbonyl (C=O) groups excluding carboxylic acids is 1. The van der Waals surface area contributed by atoms with E-state index in [1.807, 2.05) is 6.92 Å². The Morgan fingerprint density at radius 3 is 2.64 bits per heavy atom. The number of hydrogen-bond acceptors (Lipinski definition) is 3. The molecule has 76 valence electrons. The largest absolute Gasteiger partial charge is 0.507 e. The minimum atomic E-state index is -0.309. The average Bonchev–Trinajstić information content (AvgIpc) is 2.08. The molecule has 1 aromatic carbocycles. The molecule has 0 aromatic heterocycles. The van der Waals surface area contributed by atoms with Crippen LogP contribution in [0.5, 0.6) is 5.75 Å². The zero-order valence-corrected chi connectivity index (χ0v) is 8.53. The zero-order valence-electron chi connectivity index (χ0n) is 8.53. The van der Waals surface area contributed by atoms with Gasteiger partial charge in [0.15, 0.2) is 0 Å². The summed E-state index contributed by atoms with van der Waals surface area (Å²) in [6.07, 6.45) is 0. The zero-order chi connectivity index (χ0) is 10.7. The summed E-state index contributed by atoms with van der Waals surface area (Å²) in [4.78, 5) is 11.5. The molecule has 4 heteroatoms. The van der Waals surface area contributed by atoms with E-state index in [9.17, 15) is 9.90 Å². The molecule has 0 atom stereocenters. The molecule has 0 saturated carbocycles. The summed E-state index contributed by atoms with van der Waals surface area (Å²) in [6.45, 7) is 1.87. The smallest absolute Gasteiger partial charge is 0.269 e. The molecule has 1 rings (SSSR count). The van der Waals surface area contributed by atoms with Crippen molar-refractivity contribution in [3.05, 3.63) is 29.3 Å². The molecule has 0 aliphatic rings. The van der Waals surface area contributed by atoms with Crippen molar-refractivity contribution in [1.82, 2.24) is 10.4 Å². The minimum Gasteiger partial charge on any atom is -0.507 e. The fourth-order valence-corrected chi connectivity index (χ4v) is 1.10. The van der Waals surface area contributed by atoms with Crippen LogP contribution in [0, 0.1) is 6.92 Å². The van der Waals surface area contributed by atoms with E-state index < -0.39 is 0 Å². The Kier molecular flexibility index (Phi) is 3.09. The molecule has 1 aromatic rings. The third-order valence-electron chi connectivity index (χ3n) is 1.72. The van der Waals surface area contributed by atoms with Crippen LogP contribution in [-0.2, 0) is 0 Å². The fourth-order valence-electron chi connectivity index (χ4n) is 1.10. The maximum absolute atomic E-state index is 11.5. The number of nitrogens with zero attached hydrogens (tertiary/aromatic N) is 1. The van der Waals surface area contributed by atoms with E-state index in [-0.39, 0.29) is 11.7 Å². The third kappa shape index (κ3) is 2.47. The van der Waals surface area contributed by atoms with Crippen LogP contribution in [0.2, 0.25) is 0 Å². The van der Waals surface area contributed by atoms with E-state index in [0.717, 1.165) is 5.56 Å². The van der Waals surface area contributed by atoms with Gasteiger partial charge in [-0.05, 0) is 19.1 Å². The fraction of sp³-hybridized carbons (Fsp3) is 0.300. The van der Waals surface area contributed by atoms with E-state index in [2.05, 4.69) is 5.43 Å². The molecular weight excluding hydrogens is 180 g/mol. The molecule has 0 aliphatic carbocycles. The van der Waals surface area contributed by atoms with Gasteiger partial charge < -0.3 is 5.11 Å². The van der Waals surface area contributed by atoms with Crippen molar-refractivity contribution in [3.8, 4) is 5.75 Å². The molecular formula is C10H14N2O2. The normalized spacial score (nSPS) is 10.3. The number of amides is 1. The van der Waals surface area contributed by atoms with Crippen LogP contribution >= 0.6 is 0 Å². The first kappa shape index (κ1) is 10.5. The molecule has 0 radical (unpaired) electrons. The molecule has 0 bridgehead atoms. The maximum Gasteiger partial charge on any atom is 0.269 e. The van der Waals surface area contributed by atoms with Crippen molar-refractivity contribution in [2.75, 3.05) is 14.1 Å². The first-order valence-corrected chi connectivity index (χ1v) is 4.28. The van der Waals surface area contributed by atoms with Crippen molar-refractivity contribution in [1.29, 1.82) is 0 Å². The van der Waals surface area contributed by atoms with Crippen molar-refractivity contribution < 1.29 is 9.90 Å². The quantitative estimate of drug-likeness (QED) is 0.688. The number of aromatic hydroxyl groups is 1. The molecule has 0 aliphatic heterocycles. The number of aryl methyl sites for hydroxylation is 1. The molecule has 0 fully saturated rings. The number of hydrazine groups is 1. The summed E-state index contributed by atoms with van der Waals surface area (Å²) in [5, 5.41) is 11.0. The minimum absolute atomic E-state index is 0.00468. The van der Waals surface area contributed by atoms with Gasteiger partial charge in [-0.15, -0.1) is 0 Å². The summed E-state index contributed by atoms with van der Waals surface area (Å²) in [5.74, 6) is -0.314. The molecule has 0 spiro atoms. The second-order valence-electron chi connectivity index (χ2n) is 3.36. The summed E-state index contributed by atoms with van der Waals surface area (Å²) in [7, 11) is 3.43. The highest BCUT2D eigenvalue weighted by molar-refractivity contribution is 5.96. The van der Waals surface area contributed by atoms with Gasteiger partial charge in [0.2, 0.25) is 0 Å². The summed E-state index contributed by atoms with van der Waals surface area (Å²) in [5.41, 5.74) is 3.79. The van der Waals surface area contributed by atoms with Crippen molar-refractivity contribution in [3.63, 3.8) is 0 Å². The predicted molar refractivity (Wildman–Crippen MR) is 54.0 cm³/mol. The maximum atomic E-state index is 11.5. The van der Waals surface area contributed by atoms with Crippen LogP contribution in [0.3, 0.4) is 0 Å². The molecule has 4 nitrogen and oxygen atoms in total. The number of phenolic OH excluding ortho intramolecular Hbond substituents is 1. The molecule has 0 unspecified atom stereocenters. The van der Waals surface area contributed by atoms with Crippen LogP contribution in [0.25, 0.3) is 0 Å². The number of hydrogen-bond donors (Lipinski definition) is 2. The van der Waals surface area contributed by atoms with E-state index in [4.69, 9.17) is 0 Å². The molecule has 14 heavy (non-hydrogen) atoms. The van der Waals surface area contributed by atoms with Crippen molar-refractivity contribution >= 4 is 5.91 Å². The number of rotatable bonds is 2. The van der Waals surface area contributed by atoms with Crippen molar-refractivity contribution in [2.24, 2.45) is 0 Å². The Morgan fingerprint density at radius 1 is 1.43 bits per heavy atom. The lowest BCUT2D eigenvalue weighted by molar-refractivity contribution is 0.0854. The van der Waals surface area contributed by atoms with Gasteiger partial charge in [0.25, 0.3) is 5.91 Å². The van der Waals surface area contributed by atoms with Gasteiger partial charge in [0.05, 0.1) is 5.56 Å². The van der Waals surface area contributed by atoms with Gasteiger partial charge in [0.1, 0.15) is 5.75 Å². The monoisotopic (exact) mass is 194 g/mol. The summed E-state index contributed by atoms with van der Waals surface area (Å²) >= 11 is 0. The van der Waals surface area contributed by atoms with Crippen molar-refractivity contribution in [2.45, 2.75) is 6.92 Å². The van der Waals surface area contributed by atoms with Crippen LogP contribution in [0.15, 0.2) is 18.2 Å². The number of benzene rings is 1. The lowest BCUT2D eigenvalue weighted by Crippen LogP contribution is -2.36. The van der Waals surface area contributed by atoms with E-state index in [1.165, 1.54) is 11.1 Å². The van der Waals surface area contributed by atoms with E-state index in [1.54, 1.807) is 26.2 Å². The standard InChI is InChI=1S/C10H14N2O2/c1-7-4-5-9(13)8(6-7)10(14)11-12(2)3/h4-6,13H,1-3H3,(H,11,14). The Balaban J connectivity index is 2.94. The first-order chi connectivity index (χ1) is 6.50. The highest BCUT2D eigenvalue weighted by Crippen LogP contribution is 2.17. The second-order valence-corrected chi connectivity index (χ2v) is 3.36. The molecule has 0 heterocycles. The van der Waals surface area contributed by atoms with Gasteiger partial charge in [-0.25, -0.2) is 5.01 Å².